The molecule has 1 aromatic heterocycles. The van der Waals surface area contributed by atoms with Gasteiger partial charge in [-0.15, -0.1) is 0 Å². The summed E-state index contributed by atoms with van der Waals surface area (Å²) in [5.41, 5.74) is 0.283. The Hall–Kier alpha value is -1.07. The average Bonchev–Trinajstić information content (AvgIpc) is 2.58. The standard InChI is InChI=1S/C9H13ClN2O3/c1-3-4-12-7(6(10)5-11-12)8(13)9(14)15-2/h5,8,13H,3-4H2,1-2H3. The molecule has 0 saturated carbocycles. The Kier molecular flexibility index (Phi) is 4.11. The summed E-state index contributed by atoms with van der Waals surface area (Å²) in [6, 6.07) is 0. The molecule has 1 N–H and O–H groups in total. The van der Waals surface area contributed by atoms with Gasteiger partial charge in [-0.05, 0) is 6.42 Å². The zero-order chi connectivity index (χ0) is 11.4. The van der Waals surface area contributed by atoms with Crippen molar-refractivity contribution in [3.05, 3.63) is 16.9 Å². The molecule has 0 spiro atoms. The monoisotopic (exact) mass is 232 g/mol. The maximum Gasteiger partial charge on any atom is 0.341 e. The molecule has 84 valence electrons. The Morgan fingerprint density at radius 1 is 1.80 bits per heavy atom. The van der Waals surface area contributed by atoms with Crippen LogP contribution in [0.2, 0.25) is 5.02 Å². The first-order valence-corrected chi connectivity index (χ1v) is 4.96. The topological polar surface area (TPSA) is 64.3 Å². The molecule has 0 fully saturated rings. The van der Waals surface area contributed by atoms with Crippen LogP contribution in [0, 0.1) is 0 Å². The zero-order valence-electron chi connectivity index (χ0n) is 8.61. The number of carbonyl (C=O) groups excluding carboxylic acids is 1. The number of hydrogen-bond donors (Lipinski definition) is 1. The number of nitrogens with zero attached hydrogens (tertiary/aromatic N) is 2. The number of aromatic nitrogens is 2. The third-order valence-corrected chi connectivity index (χ3v) is 2.24. The van der Waals surface area contributed by atoms with Gasteiger partial charge in [-0.3, -0.25) is 4.68 Å². The number of rotatable bonds is 4. The van der Waals surface area contributed by atoms with E-state index in [1.165, 1.54) is 18.0 Å². The molecule has 1 heterocycles. The minimum Gasteiger partial charge on any atom is -0.467 e. The van der Waals surface area contributed by atoms with E-state index < -0.39 is 12.1 Å². The van der Waals surface area contributed by atoms with Gasteiger partial charge in [-0.25, -0.2) is 4.79 Å². The van der Waals surface area contributed by atoms with Crippen LogP contribution in [0.25, 0.3) is 0 Å². The van der Waals surface area contributed by atoms with Gasteiger partial charge in [0.1, 0.15) is 0 Å². The molecule has 0 saturated heterocycles. The molecule has 0 aliphatic carbocycles. The first kappa shape index (κ1) is 12.0. The zero-order valence-corrected chi connectivity index (χ0v) is 9.36. The van der Waals surface area contributed by atoms with Crippen molar-refractivity contribution in [2.75, 3.05) is 7.11 Å². The Balaban J connectivity index is 3.00. The van der Waals surface area contributed by atoms with E-state index in [0.29, 0.717) is 6.54 Å². The van der Waals surface area contributed by atoms with Crippen molar-refractivity contribution in [2.24, 2.45) is 0 Å². The number of methoxy groups -OCH3 is 1. The fraction of sp³-hybridized carbons (Fsp3) is 0.556. The summed E-state index contributed by atoms with van der Waals surface area (Å²) in [5.74, 6) is -0.741. The number of hydrogen-bond acceptors (Lipinski definition) is 4. The van der Waals surface area contributed by atoms with Crippen molar-refractivity contribution in [3.63, 3.8) is 0 Å². The summed E-state index contributed by atoms with van der Waals surface area (Å²) in [6.07, 6.45) is 0.856. The van der Waals surface area contributed by atoms with Gasteiger partial charge in [-0.2, -0.15) is 5.10 Å². The van der Waals surface area contributed by atoms with Crippen LogP contribution in [0.4, 0.5) is 0 Å². The summed E-state index contributed by atoms with van der Waals surface area (Å²) in [6.45, 7) is 2.56. The molecule has 0 amide bonds. The smallest absolute Gasteiger partial charge is 0.341 e. The highest BCUT2D eigenvalue weighted by Crippen LogP contribution is 2.23. The molecule has 1 atom stereocenters. The highest BCUT2D eigenvalue weighted by molar-refractivity contribution is 6.31. The first-order valence-electron chi connectivity index (χ1n) is 4.58. The van der Waals surface area contributed by atoms with Crippen LogP contribution in [0.3, 0.4) is 0 Å². The molecule has 0 aliphatic heterocycles. The van der Waals surface area contributed by atoms with E-state index in [-0.39, 0.29) is 10.7 Å². The number of aliphatic hydroxyl groups excluding tert-OH is 1. The van der Waals surface area contributed by atoms with Gasteiger partial charge in [0, 0.05) is 6.54 Å². The van der Waals surface area contributed by atoms with Crippen molar-refractivity contribution in [1.29, 1.82) is 0 Å². The van der Waals surface area contributed by atoms with Gasteiger partial charge in [-0.1, -0.05) is 18.5 Å². The number of ether oxygens (including phenoxy) is 1. The number of carbonyl (C=O) groups is 1. The lowest BCUT2D eigenvalue weighted by molar-refractivity contribution is -0.151. The van der Waals surface area contributed by atoms with Crippen LogP contribution in [-0.2, 0) is 16.1 Å². The largest absolute Gasteiger partial charge is 0.467 e. The van der Waals surface area contributed by atoms with Crippen LogP contribution in [0.1, 0.15) is 25.1 Å². The molecular formula is C9H13ClN2O3. The molecule has 0 aliphatic rings. The molecular weight excluding hydrogens is 220 g/mol. The molecule has 1 unspecified atom stereocenters. The van der Waals surface area contributed by atoms with Crippen molar-refractivity contribution in [1.82, 2.24) is 9.78 Å². The molecule has 15 heavy (non-hydrogen) atoms. The highest BCUT2D eigenvalue weighted by atomic mass is 35.5. The predicted molar refractivity (Wildman–Crippen MR) is 54.5 cm³/mol. The second-order valence-corrected chi connectivity index (χ2v) is 3.43. The number of esters is 1. The number of aryl methyl sites for hydroxylation is 1. The molecule has 0 bridgehead atoms. The van der Waals surface area contributed by atoms with E-state index >= 15 is 0 Å². The van der Waals surface area contributed by atoms with Gasteiger partial charge >= 0.3 is 5.97 Å². The fourth-order valence-electron chi connectivity index (χ4n) is 1.26. The van der Waals surface area contributed by atoms with Gasteiger partial charge in [0.15, 0.2) is 6.10 Å². The Bertz CT molecular complexity index is 351. The Morgan fingerprint density at radius 3 is 3.00 bits per heavy atom. The van der Waals surface area contributed by atoms with E-state index in [2.05, 4.69) is 9.84 Å². The average molecular weight is 233 g/mol. The van der Waals surface area contributed by atoms with Crippen molar-refractivity contribution >= 4 is 17.6 Å². The van der Waals surface area contributed by atoms with Gasteiger partial charge in [0.25, 0.3) is 0 Å². The molecule has 0 radical (unpaired) electrons. The fourth-order valence-corrected chi connectivity index (χ4v) is 1.50. The molecule has 6 heteroatoms. The number of halogens is 1. The van der Waals surface area contributed by atoms with E-state index in [9.17, 15) is 9.90 Å². The summed E-state index contributed by atoms with van der Waals surface area (Å²) in [5, 5.41) is 13.9. The van der Waals surface area contributed by atoms with Crippen molar-refractivity contribution in [2.45, 2.75) is 26.0 Å². The Morgan fingerprint density at radius 2 is 2.47 bits per heavy atom. The lowest BCUT2D eigenvalue weighted by atomic mass is 10.2. The quantitative estimate of drug-likeness (QED) is 0.791. The van der Waals surface area contributed by atoms with E-state index in [4.69, 9.17) is 11.6 Å². The van der Waals surface area contributed by atoms with Crippen molar-refractivity contribution in [3.8, 4) is 0 Å². The van der Waals surface area contributed by atoms with Gasteiger partial charge < -0.3 is 9.84 Å². The third kappa shape index (κ3) is 2.49. The van der Waals surface area contributed by atoms with Crippen LogP contribution >= 0.6 is 11.6 Å². The molecule has 1 rings (SSSR count). The highest BCUT2D eigenvalue weighted by Gasteiger charge is 2.25. The summed E-state index contributed by atoms with van der Waals surface area (Å²) in [4.78, 5) is 11.1. The first-order chi connectivity index (χ1) is 7.11. The van der Waals surface area contributed by atoms with Gasteiger partial charge in [0.2, 0.25) is 0 Å². The SMILES string of the molecule is CCCn1ncc(Cl)c1C(O)C(=O)OC. The summed E-state index contributed by atoms with van der Waals surface area (Å²) < 4.78 is 5.94. The lowest BCUT2D eigenvalue weighted by Gasteiger charge is -2.11. The summed E-state index contributed by atoms with van der Waals surface area (Å²) >= 11 is 5.83. The van der Waals surface area contributed by atoms with Gasteiger partial charge in [0.05, 0.1) is 24.0 Å². The maximum atomic E-state index is 11.1. The second kappa shape index (κ2) is 5.14. The normalized spacial score (nSPS) is 12.5. The van der Waals surface area contributed by atoms with Crippen LogP contribution in [-0.4, -0.2) is 28.0 Å². The number of aliphatic hydroxyl groups is 1. The third-order valence-electron chi connectivity index (χ3n) is 1.95. The summed E-state index contributed by atoms with van der Waals surface area (Å²) in [7, 11) is 1.21. The van der Waals surface area contributed by atoms with E-state index in [1.54, 1.807) is 0 Å². The second-order valence-electron chi connectivity index (χ2n) is 3.03. The maximum absolute atomic E-state index is 11.1. The minimum absolute atomic E-state index is 0.265. The van der Waals surface area contributed by atoms with Crippen LogP contribution < -0.4 is 0 Å². The minimum atomic E-state index is -1.38. The molecule has 5 nitrogen and oxygen atoms in total. The van der Waals surface area contributed by atoms with E-state index in [0.717, 1.165) is 6.42 Å². The van der Waals surface area contributed by atoms with Crippen LogP contribution in [0.5, 0.6) is 0 Å². The molecule has 1 aromatic rings. The lowest BCUT2D eigenvalue weighted by Crippen LogP contribution is -2.18. The predicted octanol–water partition coefficient (Wildman–Crippen LogP) is 1.15. The molecule has 0 aromatic carbocycles. The van der Waals surface area contributed by atoms with Crippen molar-refractivity contribution < 1.29 is 14.6 Å². The van der Waals surface area contributed by atoms with Crippen LogP contribution in [0.15, 0.2) is 6.20 Å². The van der Waals surface area contributed by atoms with E-state index in [1.807, 2.05) is 6.92 Å². The Labute approximate surface area is 92.6 Å².